The van der Waals surface area contributed by atoms with Gasteiger partial charge in [-0.3, -0.25) is 9.59 Å². The monoisotopic (exact) mass is 470 g/mol. The minimum absolute atomic E-state index is 0.0116. The lowest BCUT2D eigenvalue weighted by molar-refractivity contribution is -0.133. The second-order valence-corrected chi connectivity index (χ2v) is 9.87. The lowest BCUT2D eigenvalue weighted by atomic mass is 10.2. The molecule has 0 bridgehead atoms. The van der Waals surface area contributed by atoms with E-state index in [1.165, 1.54) is 17.0 Å². The highest BCUT2D eigenvalue weighted by Gasteiger charge is 2.35. The van der Waals surface area contributed by atoms with Gasteiger partial charge in [-0.15, -0.1) is 11.3 Å². The van der Waals surface area contributed by atoms with Crippen LogP contribution in [0.15, 0.2) is 60.7 Å². The Bertz CT molecular complexity index is 1090. The van der Waals surface area contributed by atoms with E-state index < -0.39 is 0 Å². The Morgan fingerprint density at radius 3 is 2.28 bits per heavy atom. The first kappa shape index (κ1) is 22.5. The van der Waals surface area contributed by atoms with E-state index in [9.17, 15) is 14.0 Å². The van der Waals surface area contributed by atoms with Gasteiger partial charge in [0.15, 0.2) is 0 Å². The molecule has 3 aromatic rings. The van der Waals surface area contributed by atoms with E-state index in [-0.39, 0.29) is 30.2 Å². The largest absolute Gasteiger partial charge is 0.332 e. The van der Waals surface area contributed by atoms with E-state index in [1.807, 2.05) is 19.1 Å². The predicted octanol–water partition coefficient (Wildman–Crippen LogP) is 5.68. The molecule has 1 saturated carbocycles. The third-order valence-corrected chi connectivity index (χ3v) is 6.66. The summed E-state index contributed by atoms with van der Waals surface area (Å²) in [7, 11) is 0. The van der Waals surface area contributed by atoms with Crippen LogP contribution in [-0.4, -0.2) is 34.2 Å². The number of carbonyl (C=O) groups is 2. The molecule has 32 heavy (non-hydrogen) atoms. The summed E-state index contributed by atoms with van der Waals surface area (Å²) in [6.45, 7) is 2.84. The molecule has 1 heterocycles. The Morgan fingerprint density at radius 2 is 1.69 bits per heavy atom. The maximum absolute atomic E-state index is 13.4. The summed E-state index contributed by atoms with van der Waals surface area (Å²) >= 11 is 7.60. The molecule has 4 nitrogen and oxygen atoms in total. The molecule has 0 unspecified atom stereocenters. The Hall–Kier alpha value is -2.70. The average molecular weight is 471 g/mol. The molecule has 0 spiro atoms. The van der Waals surface area contributed by atoms with Crippen molar-refractivity contribution in [1.82, 2.24) is 9.80 Å². The predicted molar refractivity (Wildman–Crippen MR) is 125 cm³/mol. The van der Waals surface area contributed by atoms with Crippen molar-refractivity contribution in [3.8, 4) is 0 Å². The minimum atomic E-state index is -0.311. The summed E-state index contributed by atoms with van der Waals surface area (Å²) in [6, 6.07) is 17.0. The van der Waals surface area contributed by atoms with Crippen LogP contribution in [0, 0.1) is 12.7 Å². The molecule has 1 fully saturated rings. The number of halogens is 2. The van der Waals surface area contributed by atoms with E-state index in [2.05, 4.69) is 0 Å². The van der Waals surface area contributed by atoms with Crippen molar-refractivity contribution in [1.29, 1.82) is 0 Å². The summed E-state index contributed by atoms with van der Waals surface area (Å²) in [5.41, 5.74) is 1.36. The molecule has 0 aliphatic heterocycles. The van der Waals surface area contributed by atoms with Gasteiger partial charge in [0.2, 0.25) is 5.91 Å². The molecule has 2 aromatic carbocycles. The number of nitrogens with zero attached hydrogens (tertiary/aromatic N) is 2. The standard InChI is InChI=1S/C25H24ClFN2O2S/c1-17-2-13-23(32-17)15-28(14-18-3-9-21(27)10-4-18)24(30)16-29(22-11-12-22)25(31)19-5-7-20(26)8-6-19/h2-10,13,22H,11-12,14-16H2,1H3. The van der Waals surface area contributed by atoms with E-state index in [0.29, 0.717) is 23.7 Å². The van der Waals surface area contributed by atoms with Gasteiger partial charge in [-0.1, -0.05) is 23.7 Å². The van der Waals surface area contributed by atoms with Crippen molar-refractivity contribution in [2.45, 2.75) is 38.9 Å². The highest BCUT2D eigenvalue weighted by Crippen LogP contribution is 2.29. The normalized spacial score (nSPS) is 13.1. The van der Waals surface area contributed by atoms with Crippen LogP contribution < -0.4 is 0 Å². The average Bonchev–Trinajstić information content (AvgIpc) is 3.54. The smallest absolute Gasteiger partial charge is 0.254 e. The van der Waals surface area contributed by atoms with Crippen molar-refractivity contribution in [3.63, 3.8) is 0 Å². The fourth-order valence-electron chi connectivity index (χ4n) is 3.56. The molecule has 7 heteroatoms. The van der Waals surface area contributed by atoms with Crippen LogP contribution in [0.3, 0.4) is 0 Å². The topological polar surface area (TPSA) is 40.6 Å². The number of aryl methyl sites for hydroxylation is 1. The van der Waals surface area contributed by atoms with Crippen LogP contribution in [0.2, 0.25) is 5.02 Å². The van der Waals surface area contributed by atoms with Crippen molar-refractivity contribution in [2.24, 2.45) is 0 Å². The molecule has 0 saturated heterocycles. The molecule has 0 radical (unpaired) electrons. The van der Waals surface area contributed by atoms with Crippen LogP contribution in [0.25, 0.3) is 0 Å². The van der Waals surface area contributed by atoms with Crippen LogP contribution >= 0.6 is 22.9 Å². The second kappa shape index (κ2) is 9.84. The van der Waals surface area contributed by atoms with Gasteiger partial charge < -0.3 is 9.80 Å². The highest BCUT2D eigenvalue weighted by atomic mass is 35.5. The lowest BCUT2D eigenvalue weighted by Crippen LogP contribution is -2.43. The lowest BCUT2D eigenvalue weighted by Gasteiger charge is -2.28. The number of carbonyl (C=O) groups excluding carboxylic acids is 2. The number of rotatable bonds is 8. The number of benzene rings is 2. The molecular weight excluding hydrogens is 447 g/mol. The Morgan fingerprint density at radius 1 is 1.00 bits per heavy atom. The van der Waals surface area contributed by atoms with Gasteiger partial charge in [0.25, 0.3) is 5.91 Å². The summed E-state index contributed by atoms with van der Waals surface area (Å²) in [5.74, 6) is -0.602. The SMILES string of the molecule is Cc1ccc(CN(Cc2ccc(F)cc2)C(=O)CN(C(=O)c2ccc(Cl)cc2)C2CC2)s1. The fourth-order valence-corrected chi connectivity index (χ4v) is 4.59. The zero-order valence-electron chi connectivity index (χ0n) is 17.8. The first-order valence-corrected chi connectivity index (χ1v) is 11.7. The molecule has 2 amide bonds. The third kappa shape index (κ3) is 5.75. The molecule has 1 aliphatic rings. The maximum Gasteiger partial charge on any atom is 0.254 e. The Balaban J connectivity index is 1.53. The summed E-state index contributed by atoms with van der Waals surface area (Å²) in [6.07, 6.45) is 1.80. The Labute approximate surface area is 196 Å². The number of amides is 2. The fraction of sp³-hybridized carbons (Fsp3) is 0.280. The number of hydrogen-bond donors (Lipinski definition) is 0. The molecule has 0 N–H and O–H groups in total. The van der Waals surface area contributed by atoms with Crippen molar-refractivity contribution < 1.29 is 14.0 Å². The van der Waals surface area contributed by atoms with E-state index in [0.717, 1.165) is 23.3 Å². The van der Waals surface area contributed by atoms with Crippen LogP contribution in [-0.2, 0) is 17.9 Å². The van der Waals surface area contributed by atoms with E-state index >= 15 is 0 Å². The first-order valence-electron chi connectivity index (χ1n) is 10.5. The maximum atomic E-state index is 13.4. The number of thiophene rings is 1. The quantitative estimate of drug-likeness (QED) is 0.424. The van der Waals surface area contributed by atoms with Crippen LogP contribution in [0.1, 0.15) is 38.5 Å². The molecule has 4 rings (SSSR count). The minimum Gasteiger partial charge on any atom is -0.332 e. The molecule has 166 valence electrons. The Kier molecular flexibility index (Phi) is 6.92. The van der Waals surface area contributed by atoms with Gasteiger partial charge in [-0.25, -0.2) is 4.39 Å². The van der Waals surface area contributed by atoms with Gasteiger partial charge in [0, 0.05) is 32.9 Å². The third-order valence-electron chi connectivity index (χ3n) is 5.43. The summed E-state index contributed by atoms with van der Waals surface area (Å²) < 4.78 is 13.3. The summed E-state index contributed by atoms with van der Waals surface area (Å²) in [5, 5.41) is 0.562. The molecule has 1 aliphatic carbocycles. The highest BCUT2D eigenvalue weighted by molar-refractivity contribution is 7.11. The molecule has 1 aromatic heterocycles. The van der Waals surface area contributed by atoms with E-state index in [1.54, 1.807) is 57.5 Å². The van der Waals surface area contributed by atoms with Crippen LogP contribution in [0.4, 0.5) is 4.39 Å². The first-order chi connectivity index (χ1) is 15.4. The van der Waals surface area contributed by atoms with Crippen LogP contribution in [0.5, 0.6) is 0 Å². The van der Waals surface area contributed by atoms with Crippen molar-refractivity contribution in [3.05, 3.63) is 92.4 Å². The van der Waals surface area contributed by atoms with Gasteiger partial charge in [-0.05, 0) is 73.9 Å². The van der Waals surface area contributed by atoms with Gasteiger partial charge >= 0.3 is 0 Å². The molecule has 0 atom stereocenters. The van der Waals surface area contributed by atoms with E-state index in [4.69, 9.17) is 11.6 Å². The zero-order valence-corrected chi connectivity index (χ0v) is 19.3. The van der Waals surface area contributed by atoms with Gasteiger partial charge in [0.1, 0.15) is 12.4 Å². The van der Waals surface area contributed by atoms with Crippen molar-refractivity contribution >= 4 is 34.8 Å². The van der Waals surface area contributed by atoms with Gasteiger partial charge in [-0.2, -0.15) is 0 Å². The second-order valence-electron chi connectivity index (χ2n) is 8.06. The summed E-state index contributed by atoms with van der Waals surface area (Å²) in [4.78, 5) is 32.2. The zero-order chi connectivity index (χ0) is 22.7. The molecular formula is C25H24ClFN2O2S. The van der Waals surface area contributed by atoms with Gasteiger partial charge in [0.05, 0.1) is 6.54 Å². The number of hydrogen-bond acceptors (Lipinski definition) is 3. The van der Waals surface area contributed by atoms with Crippen molar-refractivity contribution in [2.75, 3.05) is 6.54 Å².